The summed E-state index contributed by atoms with van der Waals surface area (Å²) in [7, 11) is 0. The Balaban J connectivity index is 1.49. The molecular formula is C21H23N3O3. The quantitative estimate of drug-likeness (QED) is 0.756. The van der Waals surface area contributed by atoms with Gasteiger partial charge in [0.2, 0.25) is 5.91 Å². The van der Waals surface area contributed by atoms with Crippen LogP contribution in [-0.2, 0) is 17.9 Å². The van der Waals surface area contributed by atoms with Crippen LogP contribution in [0.4, 0.5) is 0 Å². The van der Waals surface area contributed by atoms with Crippen molar-refractivity contribution in [3.63, 3.8) is 0 Å². The zero-order chi connectivity index (χ0) is 18.8. The van der Waals surface area contributed by atoms with Gasteiger partial charge in [-0.25, -0.2) is 4.79 Å². The minimum atomic E-state index is -0.0667. The molecule has 6 nitrogen and oxygen atoms in total. The molecule has 27 heavy (non-hydrogen) atoms. The molecule has 0 fully saturated rings. The Morgan fingerprint density at radius 2 is 1.81 bits per heavy atom. The molecule has 6 heteroatoms. The highest BCUT2D eigenvalue weighted by atomic mass is 16.5. The van der Waals surface area contributed by atoms with E-state index in [9.17, 15) is 9.59 Å². The zero-order valence-corrected chi connectivity index (χ0v) is 15.4. The van der Waals surface area contributed by atoms with Gasteiger partial charge in [-0.1, -0.05) is 30.3 Å². The van der Waals surface area contributed by atoms with E-state index in [2.05, 4.69) is 5.32 Å². The van der Waals surface area contributed by atoms with Crippen LogP contribution in [0.1, 0.15) is 31.4 Å². The first-order valence-corrected chi connectivity index (χ1v) is 9.38. The van der Waals surface area contributed by atoms with Gasteiger partial charge in [0.1, 0.15) is 5.75 Å². The fourth-order valence-electron chi connectivity index (χ4n) is 3.77. The van der Waals surface area contributed by atoms with E-state index in [4.69, 9.17) is 4.74 Å². The predicted octanol–water partition coefficient (Wildman–Crippen LogP) is 2.85. The average Bonchev–Trinajstić information content (AvgIpc) is 2.97. The highest BCUT2D eigenvalue weighted by Gasteiger charge is 2.22. The summed E-state index contributed by atoms with van der Waals surface area (Å²) < 4.78 is 9.07. The molecule has 0 radical (unpaired) electrons. The highest BCUT2D eigenvalue weighted by Crippen LogP contribution is 2.31. The number of fused-ring (bicyclic) bond motifs is 2. The van der Waals surface area contributed by atoms with Gasteiger partial charge in [-0.05, 0) is 25.1 Å². The number of amides is 1. The zero-order valence-electron chi connectivity index (χ0n) is 15.4. The van der Waals surface area contributed by atoms with Crippen molar-refractivity contribution >= 4 is 16.9 Å². The fraction of sp³-hybridized carbons (Fsp3) is 0.333. The third-order valence-electron chi connectivity index (χ3n) is 5.10. The number of benzene rings is 2. The van der Waals surface area contributed by atoms with Gasteiger partial charge in [0, 0.05) is 31.5 Å². The van der Waals surface area contributed by atoms with Crippen molar-refractivity contribution in [3.05, 3.63) is 64.6 Å². The van der Waals surface area contributed by atoms with E-state index in [1.165, 1.54) is 0 Å². The SMILES string of the molecule is CCn1c(=O)n(CCC(=O)N[C@@H]2CCOc3ccccc32)c2ccccc21. The van der Waals surface area contributed by atoms with Crippen molar-refractivity contribution in [3.8, 4) is 5.75 Å². The number of hydrogen-bond acceptors (Lipinski definition) is 3. The largest absolute Gasteiger partial charge is 0.493 e. The normalized spacial score (nSPS) is 16.0. The van der Waals surface area contributed by atoms with Crippen molar-refractivity contribution in [1.82, 2.24) is 14.5 Å². The maximum atomic E-state index is 12.7. The molecule has 0 bridgehead atoms. The number of nitrogens with one attached hydrogen (secondary N) is 1. The van der Waals surface area contributed by atoms with Gasteiger partial charge in [0.15, 0.2) is 0 Å². The number of carbonyl (C=O) groups excluding carboxylic acids is 1. The summed E-state index contributed by atoms with van der Waals surface area (Å²) >= 11 is 0. The van der Waals surface area contributed by atoms with Gasteiger partial charge >= 0.3 is 5.69 Å². The summed E-state index contributed by atoms with van der Waals surface area (Å²) in [5.41, 5.74) is 2.72. The van der Waals surface area contributed by atoms with Crippen molar-refractivity contribution < 1.29 is 9.53 Å². The van der Waals surface area contributed by atoms with Gasteiger partial charge < -0.3 is 10.1 Å². The van der Waals surface area contributed by atoms with Crippen LogP contribution < -0.4 is 15.7 Å². The third kappa shape index (κ3) is 3.23. The Morgan fingerprint density at radius 3 is 2.59 bits per heavy atom. The van der Waals surface area contributed by atoms with Gasteiger partial charge in [0.05, 0.1) is 23.7 Å². The van der Waals surface area contributed by atoms with E-state index in [1.54, 1.807) is 9.13 Å². The van der Waals surface area contributed by atoms with E-state index >= 15 is 0 Å². The van der Waals surface area contributed by atoms with Crippen LogP contribution >= 0.6 is 0 Å². The van der Waals surface area contributed by atoms with Crippen molar-refractivity contribution in [2.45, 2.75) is 38.9 Å². The van der Waals surface area contributed by atoms with E-state index in [0.717, 1.165) is 28.8 Å². The smallest absolute Gasteiger partial charge is 0.329 e. The molecule has 1 aromatic heterocycles. The number of carbonyl (C=O) groups is 1. The lowest BCUT2D eigenvalue weighted by Gasteiger charge is -2.26. The summed E-state index contributed by atoms with van der Waals surface area (Å²) in [6.07, 6.45) is 1.01. The fourth-order valence-corrected chi connectivity index (χ4v) is 3.77. The van der Waals surface area contributed by atoms with E-state index in [0.29, 0.717) is 19.7 Å². The van der Waals surface area contributed by atoms with Crippen LogP contribution in [0, 0.1) is 0 Å². The van der Waals surface area contributed by atoms with Crippen LogP contribution in [0.25, 0.3) is 11.0 Å². The molecule has 1 atom stereocenters. The number of rotatable bonds is 5. The van der Waals surface area contributed by atoms with Gasteiger partial charge in [-0.3, -0.25) is 13.9 Å². The second-order valence-corrected chi connectivity index (χ2v) is 6.71. The summed E-state index contributed by atoms with van der Waals surface area (Å²) in [6, 6.07) is 15.4. The van der Waals surface area contributed by atoms with Gasteiger partial charge in [-0.15, -0.1) is 0 Å². The van der Waals surface area contributed by atoms with Gasteiger partial charge in [-0.2, -0.15) is 0 Å². The molecule has 4 rings (SSSR count). The molecule has 0 unspecified atom stereocenters. The molecule has 3 aromatic rings. The van der Waals surface area contributed by atoms with E-state index < -0.39 is 0 Å². The molecule has 1 N–H and O–H groups in total. The monoisotopic (exact) mass is 365 g/mol. The summed E-state index contributed by atoms with van der Waals surface area (Å²) in [4.78, 5) is 25.2. The van der Waals surface area contributed by atoms with Crippen molar-refractivity contribution in [2.24, 2.45) is 0 Å². The number of para-hydroxylation sites is 3. The number of nitrogens with zero attached hydrogens (tertiary/aromatic N) is 2. The third-order valence-corrected chi connectivity index (χ3v) is 5.10. The molecule has 1 aliphatic rings. The molecule has 2 heterocycles. The molecule has 1 amide bonds. The maximum Gasteiger partial charge on any atom is 0.329 e. The van der Waals surface area contributed by atoms with Crippen LogP contribution in [-0.4, -0.2) is 21.6 Å². The van der Waals surface area contributed by atoms with E-state index in [-0.39, 0.29) is 24.1 Å². The summed E-state index contributed by atoms with van der Waals surface area (Å²) in [5, 5.41) is 3.09. The minimum Gasteiger partial charge on any atom is -0.493 e. The lowest BCUT2D eigenvalue weighted by Crippen LogP contribution is -2.33. The van der Waals surface area contributed by atoms with Crippen LogP contribution in [0.3, 0.4) is 0 Å². The first-order chi connectivity index (χ1) is 13.2. The molecular weight excluding hydrogens is 342 g/mol. The van der Waals surface area contributed by atoms with Crippen LogP contribution in [0.15, 0.2) is 53.3 Å². The van der Waals surface area contributed by atoms with Crippen LogP contribution in [0.5, 0.6) is 5.75 Å². The average molecular weight is 365 g/mol. The lowest BCUT2D eigenvalue weighted by molar-refractivity contribution is -0.122. The Labute approximate surface area is 157 Å². The second-order valence-electron chi connectivity index (χ2n) is 6.71. The highest BCUT2D eigenvalue weighted by molar-refractivity contribution is 5.78. The van der Waals surface area contributed by atoms with Crippen molar-refractivity contribution in [2.75, 3.05) is 6.61 Å². The molecule has 0 saturated carbocycles. The number of hydrogen-bond donors (Lipinski definition) is 1. The molecule has 2 aromatic carbocycles. The number of ether oxygens (including phenoxy) is 1. The Hall–Kier alpha value is -3.02. The number of imidazole rings is 1. The predicted molar refractivity (Wildman–Crippen MR) is 104 cm³/mol. The molecule has 0 aliphatic carbocycles. The Kier molecular flexibility index (Phi) is 4.71. The molecule has 0 spiro atoms. The number of aromatic nitrogens is 2. The topological polar surface area (TPSA) is 65.3 Å². The summed E-state index contributed by atoms with van der Waals surface area (Å²) in [6.45, 7) is 3.51. The summed E-state index contributed by atoms with van der Waals surface area (Å²) in [5.74, 6) is 0.771. The Bertz CT molecular complexity index is 1030. The molecule has 1 aliphatic heterocycles. The van der Waals surface area contributed by atoms with Crippen molar-refractivity contribution in [1.29, 1.82) is 0 Å². The van der Waals surface area contributed by atoms with Crippen LogP contribution in [0.2, 0.25) is 0 Å². The molecule has 0 saturated heterocycles. The first-order valence-electron chi connectivity index (χ1n) is 9.38. The second kappa shape index (κ2) is 7.31. The standard InChI is InChI=1S/C21H23N3O3/c1-2-23-17-8-4-5-9-18(17)24(21(23)26)13-11-20(25)22-16-12-14-27-19-10-6-3-7-15(16)19/h3-10,16H,2,11-14H2,1H3,(H,22,25)/t16-/m1/s1. The molecule has 140 valence electrons. The minimum absolute atomic E-state index is 0.0452. The van der Waals surface area contributed by atoms with E-state index in [1.807, 2.05) is 55.5 Å². The maximum absolute atomic E-state index is 12.7. The van der Waals surface area contributed by atoms with Gasteiger partial charge in [0.25, 0.3) is 0 Å². The first kappa shape index (κ1) is 17.4. The lowest BCUT2D eigenvalue weighted by atomic mass is 10.0. The Morgan fingerprint density at radius 1 is 1.11 bits per heavy atom. The number of aryl methyl sites for hydroxylation is 2.